The summed E-state index contributed by atoms with van der Waals surface area (Å²) < 4.78 is 6.13. The van der Waals surface area contributed by atoms with Crippen LogP contribution in [-0.4, -0.2) is 16.1 Å². The van der Waals surface area contributed by atoms with Crippen molar-refractivity contribution in [3.05, 3.63) is 34.6 Å². The van der Waals surface area contributed by atoms with Crippen molar-refractivity contribution in [3.63, 3.8) is 0 Å². The fourth-order valence-corrected chi connectivity index (χ4v) is 1.58. The van der Waals surface area contributed by atoms with Gasteiger partial charge in [0.25, 0.3) is 0 Å². The van der Waals surface area contributed by atoms with Gasteiger partial charge in [-0.05, 0) is 28.1 Å². The van der Waals surface area contributed by atoms with Crippen LogP contribution in [-0.2, 0) is 4.79 Å². The van der Waals surface area contributed by atoms with Crippen molar-refractivity contribution in [2.24, 2.45) is 0 Å². The molecule has 0 bridgehead atoms. The predicted octanol–water partition coefficient (Wildman–Crippen LogP) is 2.69. The van der Waals surface area contributed by atoms with Crippen LogP contribution in [0.4, 0.5) is 0 Å². The average Bonchev–Trinajstić information content (AvgIpc) is 2.59. The van der Waals surface area contributed by atoms with Crippen LogP contribution in [0.15, 0.2) is 33.2 Å². The maximum absolute atomic E-state index is 10.3. The molecule has 1 N–H and O–H groups in total. The third kappa shape index (κ3) is 2.07. The Bertz CT molecular complexity index is 545. The van der Waals surface area contributed by atoms with Crippen molar-refractivity contribution in [1.29, 1.82) is 0 Å². The zero-order valence-corrected chi connectivity index (χ0v) is 9.06. The van der Waals surface area contributed by atoms with E-state index in [2.05, 4.69) is 20.9 Å². The summed E-state index contributed by atoms with van der Waals surface area (Å²) >= 11 is 3.33. The molecule has 76 valence electrons. The molecule has 15 heavy (non-hydrogen) atoms. The third-order valence-electron chi connectivity index (χ3n) is 1.75. The van der Waals surface area contributed by atoms with Crippen LogP contribution >= 0.6 is 15.9 Å². The Hall–Kier alpha value is -1.62. The molecule has 0 aliphatic heterocycles. The second-order valence-corrected chi connectivity index (χ2v) is 3.66. The molecular weight excluding hydrogens is 262 g/mol. The van der Waals surface area contributed by atoms with Crippen LogP contribution < -0.4 is 0 Å². The molecule has 0 spiro atoms. The van der Waals surface area contributed by atoms with Crippen molar-refractivity contribution in [2.45, 2.75) is 0 Å². The van der Waals surface area contributed by atoms with Gasteiger partial charge in [-0.1, -0.05) is 6.07 Å². The van der Waals surface area contributed by atoms with Crippen LogP contribution in [0.1, 0.15) is 5.89 Å². The molecule has 0 saturated carbocycles. The molecule has 0 radical (unpaired) electrons. The Morgan fingerprint density at radius 2 is 2.33 bits per heavy atom. The van der Waals surface area contributed by atoms with E-state index in [9.17, 15) is 4.79 Å². The van der Waals surface area contributed by atoms with Crippen LogP contribution in [0.3, 0.4) is 0 Å². The molecule has 1 aromatic heterocycles. The Labute approximate surface area is 93.4 Å². The highest BCUT2D eigenvalue weighted by atomic mass is 79.9. The molecule has 0 aliphatic rings. The molecule has 0 unspecified atom stereocenters. The van der Waals surface area contributed by atoms with Gasteiger partial charge < -0.3 is 9.52 Å². The summed E-state index contributed by atoms with van der Waals surface area (Å²) in [6, 6.07) is 5.43. The highest BCUT2D eigenvalue weighted by Crippen LogP contribution is 2.24. The fraction of sp³-hybridized carbons (Fsp3) is 0. The summed E-state index contributed by atoms with van der Waals surface area (Å²) in [5.41, 5.74) is 1.30. The van der Waals surface area contributed by atoms with Crippen molar-refractivity contribution < 1.29 is 14.3 Å². The molecule has 1 heterocycles. The normalized spacial score (nSPS) is 11.3. The van der Waals surface area contributed by atoms with Gasteiger partial charge in [0.2, 0.25) is 5.89 Å². The van der Waals surface area contributed by atoms with Gasteiger partial charge in [-0.15, -0.1) is 0 Å². The van der Waals surface area contributed by atoms with Crippen LogP contribution in [0.5, 0.6) is 0 Å². The predicted molar refractivity (Wildman–Crippen MR) is 58.4 cm³/mol. The minimum Gasteiger partial charge on any atom is -0.478 e. The minimum absolute atomic E-state index is 0.277. The van der Waals surface area contributed by atoms with Crippen molar-refractivity contribution in [2.75, 3.05) is 0 Å². The number of oxazole rings is 1. The van der Waals surface area contributed by atoms with E-state index in [4.69, 9.17) is 9.52 Å². The second-order valence-electron chi connectivity index (χ2n) is 2.81. The quantitative estimate of drug-likeness (QED) is 0.850. The number of aromatic nitrogens is 1. The van der Waals surface area contributed by atoms with Crippen molar-refractivity contribution >= 4 is 39.1 Å². The van der Waals surface area contributed by atoms with Crippen molar-refractivity contribution in [1.82, 2.24) is 4.98 Å². The lowest BCUT2D eigenvalue weighted by atomic mass is 10.3. The van der Waals surface area contributed by atoms with E-state index in [0.29, 0.717) is 11.1 Å². The zero-order chi connectivity index (χ0) is 10.8. The van der Waals surface area contributed by atoms with Gasteiger partial charge in [-0.25, -0.2) is 9.78 Å². The second kappa shape index (κ2) is 3.86. The number of carbonyl (C=O) groups is 1. The number of para-hydroxylation sites is 1. The number of carboxylic acids is 1. The summed E-state index contributed by atoms with van der Waals surface area (Å²) in [5.74, 6) is -0.754. The zero-order valence-electron chi connectivity index (χ0n) is 7.48. The summed E-state index contributed by atoms with van der Waals surface area (Å²) in [7, 11) is 0. The van der Waals surface area contributed by atoms with Gasteiger partial charge in [0.1, 0.15) is 5.52 Å². The van der Waals surface area contributed by atoms with E-state index < -0.39 is 5.97 Å². The number of halogens is 1. The summed E-state index contributed by atoms with van der Waals surface area (Å²) in [6.45, 7) is 0. The monoisotopic (exact) mass is 267 g/mol. The van der Waals surface area contributed by atoms with Crippen LogP contribution in [0.25, 0.3) is 17.2 Å². The molecule has 0 fully saturated rings. The first kappa shape index (κ1) is 9.92. The number of rotatable bonds is 2. The first-order valence-corrected chi connectivity index (χ1v) is 4.92. The molecule has 2 rings (SSSR count). The van der Waals surface area contributed by atoms with Crippen LogP contribution in [0.2, 0.25) is 0 Å². The van der Waals surface area contributed by atoms with Gasteiger partial charge in [0.15, 0.2) is 5.58 Å². The smallest absolute Gasteiger partial charge is 0.328 e. The number of hydrogen-bond acceptors (Lipinski definition) is 3. The topological polar surface area (TPSA) is 63.3 Å². The van der Waals surface area contributed by atoms with E-state index in [1.807, 2.05) is 12.1 Å². The summed E-state index contributed by atoms with van der Waals surface area (Å²) in [5, 5.41) is 8.44. The standard InChI is InChI=1S/C10H6BrNO3/c11-6-2-1-3-7-10(6)12-8(15-7)4-5-9(13)14/h1-5H,(H,13,14)/b5-4+. The molecule has 2 aromatic rings. The molecular formula is C10H6BrNO3. The number of hydrogen-bond donors (Lipinski definition) is 1. The molecule has 1 aromatic carbocycles. The Morgan fingerprint density at radius 1 is 1.53 bits per heavy atom. The third-order valence-corrected chi connectivity index (χ3v) is 2.39. The molecule has 5 heteroatoms. The number of aliphatic carboxylic acids is 1. The van der Waals surface area contributed by atoms with E-state index >= 15 is 0 Å². The SMILES string of the molecule is O=C(O)/C=C/c1nc2c(Br)cccc2o1. The number of fused-ring (bicyclic) bond motifs is 1. The van der Waals surface area contributed by atoms with Gasteiger partial charge in [-0.2, -0.15) is 0 Å². The number of carboxylic acid groups (broad SMARTS) is 1. The van der Waals surface area contributed by atoms with Gasteiger partial charge >= 0.3 is 5.97 Å². The lowest BCUT2D eigenvalue weighted by Gasteiger charge is -1.86. The average molecular weight is 268 g/mol. The number of nitrogens with zero attached hydrogens (tertiary/aromatic N) is 1. The Kier molecular flexibility index (Phi) is 2.55. The molecule has 0 aliphatic carbocycles. The van der Waals surface area contributed by atoms with E-state index in [1.165, 1.54) is 6.08 Å². The van der Waals surface area contributed by atoms with Gasteiger partial charge in [0.05, 0.1) is 0 Å². The maximum atomic E-state index is 10.3. The summed E-state index contributed by atoms with van der Waals surface area (Å²) in [4.78, 5) is 14.4. The lowest BCUT2D eigenvalue weighted by molar-refractivity contribution is -0.131. The molecule has 0 saturated heterocycles. The van der Waals surface area contributed by atoms with Crippen molar-refractivity contribution in [3.8, 4) is 0 Å². The lowest BCUT2D eigenvalue weighted by Crippen LogP contribution is -1.85. The minimum atomic E-state index is -1.03. The van der Waals surface area contributed by atoms with Gasteiger partial charge in [-0.3, -0.25) is 0 Å². The first-order valence-electron chi connectivity index (χ1n) is 4.13. The highest BCUT2D eigenvalue weighted by Gasteiger charge is 2.05. The van der Waals surface area contributed by atoms with E-state index in [1.54, 1.807) is 6.07 Å². The highest BCUT2D eigenvalue weighted by molar-refractivity contribution is 9.10. The largest absolute Gasteiger partial charge is 0.478 e. The summed E-state index contributed by atoms with van der Waals surface area (Å²) in [6.07, 6.45) is 2.30. The molecule has 0 amide bonds. The fourth-order valence-electron chi connectivity index (χ4n) is 1.15. The van der Waals surface area contributed by atoms with E-state index in [0.717, 1.165) is 10.5 Å². The van der Waals surface area contributed by atoms with E-state index in [-0.39, 0.29) is 5.89 Å². The first-order chi connectivity index (χ1) is 7.16. The van der Waals surface area contributed by atoms with Gasteiger partial charge in [0, 0.05) is 16.6 Å². The molecule has 4 nitrogen and oxygen atoms in total. The number of benzene rings is 1. The Balaban J connectivity index is 2.48. The maximum Gasteiger partial charge on any atom is 0.328 e. The van der Waals surface area contributed by atoms with Crippen LogP contribution in [0, 0.1) is 0 Å². The Morgan fingerprint density at radius 3 is 3.00 bits per heavy atom. The molecule has 0 atom stereocenters.